The SMILES string of the molecule is CN(C)C(=O)CN1CCC(CNC(=O)OCc2ccccc2)CC1.O=C(NCC1CCNCC1)OCc1ccccc1. The minimum atomic E-state index is -0.371. The molecule has 2 saturated heterocycles. The summed E-state index contributed by atoms with van der Waals surface area (Å²) in [5.74, 6) is 1.16. The zero-order chi connectivity index (χ0) is 30.0. The van der Waals surface area contributed by atoms with Crippen LogP contribution in [0.1, 0.15) is 36.8 Å². The maximum Gasteiger partial charge on any atom is 0.407 e. The Morgan fingerprint density at radius 3 is 1.67 bits per heavy atom. The van der Waals surface area contributed by atoms with E-state index in [0.29, 0.717) is 31.5 Å². The summed E-state index contributed by atoms with van der Waals surface area (Å²) in [7, 11) is 3.56. The van der Waals surface area contributed by atoms with E-state index < -0.39 is 0 Å². The number of nitrogens with one attached hydrogen (secondary N) is 3. The van der Waals surface area contributed by atoms with Crippen LogP contribution in [0, 0.1) is 11.8 Å². The third-order valence-corrected chi connectivity index (χ3v) is 7.52. The number of likely N-dealkylation sites (N-methyl/N-ethyl adjacent to an activating group) is 1. The van der Waals surface area contributed by atoms with E-state index in [1.54, 1.807) is 19.0 Å². The Balaban J connectivity index is 0.000000240. The quantitative estimate of drug-likeness (QED) is 0.393. The highest BCUT2D eigenvalue weighted by molar-refractivity contribution is 5.77. The van der Waals surface area contributed by atoms with E-state index in [0.717, 1.165) is 69.5 Å². The first kappa shape index (κ1) is 32.9. The van der Waals surface area contributed by atoms with Crippen LogP contribution in [0.2, 0.25) is 0 Å². The molecule has 0 aromatic heterocycles. The molecule has 0 unspecified atom stereocenters. The largest absolute Gasteiger partial charge is 0.445 e. The monoisotopic (exact) mass is 581 g/mol. The second-order valence-corrected chi connectivity index (χ2v) is 11.1. The fourth-order valence-corrected chi connectivity index (χ4v) is 4.77. The standard InChI is InChI=1S/C18H27N3O3.C14H20N2O2/c1-20(2)17(22)13-21-10-8-15(9-11-21)12-19-18(23)24-14-16-6-4-3-5-7-16;17-14(16-10-12-6-8-15-9-7-12)18-11-13-4-2-1-3-5-13/h3-7,15H,8-14H2,1-2H3,(H,19,23);1-5,12,15H,6-11H2,(H,16,17). The summed E-state index contributed by atoms with van der Waals surface area (Å²) >= 11 is 0. The number of ether oxygens (including phenoxy) is 2. The minimum absolute atomic E-state index is 0.135. The summed E-state index contributed by atoms with van der Waals surface area (Å²) in [4.78, 5) is 38.8. The zero-order valence-corrected chi connectivity index (χ0v) is 25.1. The molecule has 2 aliphatic rings. The molecule has 10 heteroatoms. The number of benzene rings is 2. The van der Waals surface area contributed by atoms with Crippen LogP contribution in [0.25, 0.3) is 0 Å². The van der Waals surface area contributed by atoms with Gasteiger partial charge in [0.2, 0.25) is 5.91 Å². The summed E-state index contributed by atoms with van der Waals surface area (Å²) in [6, 6.07) is 19.3. The molecule has 2 aliphatic heterocycles. The predicted octanol–water partition coefficient (Wildman–Crippen LogP) is 3.63. The summed E-state index contributed by atoms with van der Waals surface area (Å²) in [5.41, 5.74) is 1.99. The average molecular weight is 582 g/mol. The normalized spacial score (nSPS) is 16.0. The third-order valence-electron chi connectivity index (χ3n) is 7.52. The Morgan fingerprint density at radius 2 is 1.21 bits per heavy atom. The maximum atomic E-state index is 11.7. The van der Waals surface area contributed by atoms with Crippen LogP contribution in [-0.2, 0) is 27.5 Å². The van der Waals surface area contributed by atoms with E-state index in [1.165, 1.54) is 0 Å². The van der Waals surface area contributed by atoms with Gasteiger partial charge >= 0.3 is 12.2 Å². The van der Waals surface area contributed by atoms with Crippen molar-refractivity contribution in [2.24, 2.45) is 11.8 Å². The van der Waals surface area contributed by atoms with Crippen molar-refractivity contribution in [3.63, 3.8) is 0 Å². The van der Waals surface area contributed by atoms with Gasteiger partial charge in [-0.05, 0) is 74.8 Å². The highest BCUT2D eigenvalue weighted by atomic mass is 16.6. The van der Waals surface area contributed by atoms with Gasteiger partial charge < -0.3 is 30.3 Å². The number of amides is 3. The van der Waals surface area contributed by atoms with E-state index in [4.69, 9.17) is 9.47 Å². The topological polar surface area (TPSA) is 112 Å². The molecule has 0 aliphatic carbocycles. The van der Waals surface area contributed by atoms with Gasteiger partial charge in [-0.3, -0.25) is 9.69 Å². The van der Waals surface area contributed by atoms with Crippen molar-refractivity contribution in [1.82, 2.24) is 25.8 Å². The molecule has 0 spiro atoms. The van der Waals surface area contributed by atoms with Crippen LogP contribution < -0.4 is 16.0 Å². The molecule has 2 aromatic carbocycles. The van der Waals surface area contributed by atoms with Crippen LogP contribution in [0.5, 0.6) is 0 Å². The van der Waals surface area contributed by atoms with Crippen molar-refractivity contribution in [2.45, 2.75) is 38.9 Å². The average Bonchev–Trinajstić information content (AvgIpc) is 3.03. The fraction of sp³-hybridized carbons (Fsp3) is 0.531. The van der Waals surface area contributed by atoms with Gasteiger partial charge in [0, 0.05) is 27.2 Å². The summed E-state index contributed by atoms with van der Waals surface area (Å²) in [6.07, 6.45) is 3.53. The van der Waals surface area contributed by atoms with E-state index >= 15 is 0 Å². The van der Waals surface area contributed by atoms with Gasteiger partial charge in [0.05, 0.1) is 6.54 Å². The van der Waals surface area contributed by atoms with Gasteiger partial charge in [-0.1, -0.05) is 60.7 Å². The number of nitrogens with zero attached hydrogens (tertiary/aromatic N) is 2. The van der Waals surface area contributed by atoms with Crippen molar-refractivity contribution < 1.29 is 23.9 Å². The smallest absolute Gasteiger partial charge is 0.407 e. The summed E-state index contributed by atoms with van der Waals surface area (Å²) in [6.45, 7) is 6.33. The first-order valence-electron chi connectivity index (χ1n) is 14.9. The molecule has 4 rings (SSSR count). The Kier molecular flexibility index (Phi) is 14.7. The van der Waals surface area contributed by atoms with Crippen molar-refractivity contribution >= 4 is 18.1 Å². The molecule has 2 fully saturated rings. The molecule has 0 radical (unpaired) electrons. The van der Waals surface area contributed by atoms with E-state index in [1.807, 2.05) is 60.7 Å². The third kappa shape index (κ3) is 13.4. The molecule has 0 bridgehead atoms. The Morgan fingerprint density at radius 1 is 0.762 bits per heavy atom. The molecule has 2 heterocycles. The van der Waals surface area contributed by atoms with Crippen molar-refractivity contribution in [3.05, 3.63) is 71.8 Å². The Bertz CT molecular complexity index is 1060. The predicted molar refractivity (Wildman–Crippen MR) is 163 cm³/mol. The molecular formula is C32H47N5O5. The highest BCUT2D eigenvalue weighted by Gasteiger charge is 2.22. The Hall–Kier alpha value is -3.63. The molecular weight excluding hydrogens is 534 g/mol. The summed E-state index contributed by atoms with van der Waals surface area (Å²) < 4.78 is 10.4. The van der Waals surface area contributed by atoms with Crippen molar-refractivity contribution in [1.29, 1.82) is 0 Å². The molecule has 3 N–H and O–H groups in total. The van der Waals surface area contributed by atoms with Gasteiger partial charge in [-0.2, -0.15) is 0 Å². The lowest BCUT2D eigenvalue weighted by atomic mass is 9.97. The van der Waals surface area contributed by atoms with Gasteiger partial charge in [-0.25, -0.2) is 9.59 Å². The van der Waals surface area contributed by atoms with E-state index in [9.17, 15) is 14.4 Å². The van der Waals surface area contributed by atoms with Crippen molar-refractivity contribution in [3.8, 4) is 0 Å². The number of likely N-dealkylation sites (tertiary alicyclic amines) is 1. The van der Waals surface area contributed by atoms with Crippen LogP contribution in [0.4, 0.5) is 9.59 Å². The van der Waals surface area contributed by atoms with Gasteiger partial charge in [0.1, 0.15) is 13.2 Å². The molecule has 230 valence electrons. The number of hydrogen-bond acceptors (Lipinski definition) is 7. The van der Waals surface area contributed by atoms with E-state index in [-0.39, 0.29) is 24.7 Å². The number of piperidine rings is 2. The van der Waals surface area contributed by atoms with Gasteiger partial charge in [0.25, 0.3) is 0 Å². The van der Waals surface area contributed by atoms with Gasteiger partial charge in [-0.15, -0.1) is 0 Å². The minimum Gasteiger partial charge on any atom is -0.445 e. The highest BCUT2D eigenvalue weighted by Crippen LogP contribution is 2.16. The zero-order valence-electron chi connectivity index (χ0n) is 25.1. The molecule has 42 heavy (non-hydrogen) atoms. The molecule has 0 saturated carbocycles. The first-order valence-corrected chi connectivity index (χ1v) is 14.9. The molecule has 2 aromatic rings. The molecule has 0 atom stereocenters. The second kappa shape index (κ2) is 18.7. The maximum absolute atomic E-state index is 11.7. The number of hydrogen-bond donors (Lipinski definition) is 3. The van der Waals surface area contributed by atoms with Crippen LogP contribution in [0.3, 0.4) is 0 Å². The number of carbonyl (C=O) groups excluding carboxylic acids is 3. The summed E-state index contributed by atoms with van der Waals surface area (Å²) in [5, 5.41) is 8.98. The number of carbonyl (C=O) groups is 3. The van der Waals surface area contributed by atoms with Gasteiger partial charge in [0.15, 0.2) is 0 Å². The lowest BCUT2D eigenvalue weighted by Gasteiger charge is -2.32. The first-order chi connectivity index (χ1) is 20.4. The van der Waals surface area contributed by atoms with Crippen LogP contribution >= 0.6 is 0 Å². The van der Waals surface area contributed by atoms with E-state index in [2.05, 4.69) is 20.9 Å². The van der Waals surface area contributed by atoms with Crippen LogP contribution in [0.15, 0.2) is 60.7 Å². The molecule has 10 nitrogen and oxygen atoms in total. The van der Waals surface area contributed by atoms with Crippen LogP contribution in [-0.4, -0.2) is 87.8 Å². The lowest BCUT2D eigenvalue weighted by Crippen LogP contribution is -2.43. The number of rotatable bonds is 10. The molecule has 3 amide bonds. The fourth-order valence-electron chi connectivity index (χ4n) is 4.77. The Labute approximate surface area is 250 Å². The second-order valence-electron chi connectivity index (χ2n) is 11.1. The lowest BCUT2D eigenvalue weighted by molar-refractivity contribution is -0.130. The number of alkyl carbamates (subject to hydrolysis) is 2. The van der Waals surface area contributed by atoms with Crippen molar-refractivity contribution in [2.75, 3.05) is 59.9 Å².